The Morgan fingerprint density at radius 2 is 1.85 bits per heavy atom. The molecule has 1 aromatic carbocycles. The molecule has 4 heterocycles. The largest absolute Gasteiger partial charge is 0.461 e. The van der Waals surface area contributed by atoms with E-state index in [4.69, 9.17) is 23.7 Å². The molecule has 7 aliphatic rings. The van der Waals surface area contributed by atoms with E-state index in [9.17, 15) is 30.3 Å². The molecule has 0 aromatic heterocycles. The molecule has 6 bridgehead atoms. The molecule has 3 aliphatic carbocycles. The number of hydrogen-bond donors (Lipinski definition) is 5. The number of hydrogen-bond acceptors (Lipinski definition) is 11. The van der Waals surface area contributed by atoms with E-state index < -0.39 is 77.9 Å². The Balaban J connectivity index is 1.32. The van der Waals surface area contributed by atoms with Crippen molar-refractivity contribution >= 4 is 5.97 Å². The zero-order valence-corrected chi connectivity index (χ0v) is 18.4. The fourth-order valence-corrected chi connectivity index (χ4v) is 6.87. The van der Waals surface area contributed by atoms with Crippen molar-refractivity contribution in [3.63, 3.8) is 0 Å². The van der Waals surface area contributed by atoms with Crippen LogP contribution in [0.5, 0.6) is 0 Å². The maximum atomic E-state index is 12.7. The van der Waals surface area contributed by atoms with E-state index >= 15 is 0 Å². The molecule has 34 heavy (non-hydrogen) atoms. The third kappa shape index (κ3) is 2.59. The van der Waals surface area contributed by atoms with E-state index in [0.717, 1.165) is 0 Å². The highest BCUT2D eigenvalue weighted by Crippen LogP contribution is 2.81. The minimum atomic E-state index is -1.61. The zero-order chi connectivity index (χ0) is 24.1. The average molecular weight is 480 g/mol. The third-order valence-electron chi connectivity index (χ3n) is 8.57. The molecule has 7 unspecified atom stereocenters. The minimum absolute atomic E-state index is 0.0902. The summed E-state index contributed by atoms with van der Waals surface area (Å²) in [5, 5.41) is 51.7. The first-order chi connectivity index (χ1) is 16.1. The van der Waals surface area contributed by atoms with Crippen molar-refractivity contribution < 1.29 is 54.0 Å². The van der Waals surface area contributed by atoms with Crippen molar-refractivity contribution in [2.75, 3.05) is 13.2 Å². The number of carbonyl (C=O) groups excluding carboxylic acids is 1. The normalized spacial score (nSPS) is 52.5. The summed E-state index contributed by atoms with van der Waals surface area (Å²) in [6, 6.07) is 8.47. The lowest BCUT2D eigenvalue weighted by atomic mass is 9.41. The summed E-state index contributed by atoms with van der Waals surface area (Å²) in [5.74, 6) is -2.49. The van der Waals surface area contributed by atoms with E-state index in [0.29, 0.717) is 5.56 Å². The van der Waals surface area contributed by atoms with Gasteiger partial charge in [-0.1, -0.05) is 18.2 Å². The Kier molecular flexibility index (Phi) is 4.81. The molecule has 0 radical (unpaired) electrons. The van der Waals surface area contributed by atoms with Gasteiger partial charge in [0.2, 0.25) is 0 Å². The van der Waals surface area contributed by atoms with Crippen LogP contribution in [0.4, 0.5) is 0 Å². The van der Waals surface area contributed by atoms with E-state index in [-0.39, 0.29) is 19.4 Å². The Hall–Kier alpha value is -1.67. The van der Waals surface area contributed by atoms with E-state index in [1.165, 1.54) is 0 Å². The van der Waals surface area contributed by atoms with Crippen molar-refractivity contribution in [2.24, 2.45) is 11.3 Å². The summed E-state index contributed by atoms with van der Waals surface area (Å²) in [5.41, 5.74) is -2.99. The van der Waals surface area contributed by atoms with Gasteiger partial charge in [0.15, 0.2) is 18.4 Å². The van der Waals surface area contributed by atoms with Crippen LogP contribution in [0.15, 0.2) is 30.3 Å². The lowest BCUT2D eigenvalue weighted by Gasteiger charge is -2.67. The molecule has 1 aromatic rings. The van der Waals surface area contributed by atoms with Crippen LogP contribution in [0.3, 0.4) is 0 Å². The SMILES string of the molecule is C[C@@]12C[C@]3(O)OC(O1)C1(COC(=O)c4ccccc4)[C@@H]3C[C@@]12OC1OC(CO)C(O)C(O)C1O. The van der Waals surface area contributed by atoms with Crippen LogP contribution in [-0.2, 0) is 23.7 Å². The molecule has 3 saturated carbocycles. The molecule has 4 aliphatic heterocycles. The Bertz CT molecular complexity index is 988. The summed E-state index contributed by atoms with van der Waals surface area (Å²) in [6.07, 6.45) is -7.87. The van der Waals surface area contributed by atoms with Crippen LogP contribution in [0, 0.1) is 11.3 Å². The molecule has 4 saturated heterocycles. The first kappa shape index (κ1) is 22.8. The number of rotatable bonds is 6. The van der Waals surface area contributed by atoms with E-state index in [2.05, 4.69) is 0 Å². The first-order valence-corrected chi connectivity index (χ1v) is 11.4. The Labute approximate surface area is 194 Å². The van der Waals surface area contributed by atoms with Gasteiger partial charge in [-0.2, -0.15) is 0 Å². The van der Waals surface area contributed by atoms with Crippen LogP contribution in [0.1, 0.15) is 30.1 Å². The van der Waals surface area contributed by atoms with Crippen LogP contribution in [0.25, 0.3) is 0 Å². The van der Waals surface area contributed by atoms with Crippen LogP contribution < -0.4 is 0 Å². The number of aliphatic hydroxyl groups is 5. The topological polar surface area (TPSA) is 164 Å². The van der Waals surface area contributed by atoms with Crippen LogP contribution >= 0.6 is 0 Å². The van der Waals surface area contributed by atoms with Crippen LogP contribution in [0.2, 0.25) is 0 Å². The van der Waals surface area contributed by atoms with Crippen molar-refractivity contribution in [2.45, 2.75) is 73.8 Å². The lowest BCUT2D eigenvalue weighted by molar-refractivity contribution is -0.424. The fourth-order valence-electron chi connectivity index (χ4n) is 6.87. The van der Waals surface area contributed by atoms with Gasteiger partial charge in [-0.3, -0.25) is 0 Å². The van der Waals surface area contributed by atoms with Gasteiger partial charge in [0, 0.05) is 12.3 Å². The molecule has 186 valence electrons. The van der Waals surface area contributed by atoms with Gasteiger partial charge < -0.3 is 49.2 Å². The second kappa shape index (κ2) is 7.19. The van der Waals surface area contributed by atoms with E-state index in [1.54, 1.807) is 37.3 Å². The molecule has 11 heteroatoms. The van der Waals surface area contributed by atoms with Crippen molar-refractivity contribution in [1.29, 1.82) is 0 Å². The maximum Gasteiger partial charge on any atom is 0.338 e. The van der Waals surface area contributed by atoms with Gasteiger partial charge in [-0.05, 0) is 25.5 Å². The molecular formula is C23H28O11. The van der Waals surface area contributed by atoms with Gasteiger partial charge in [0.25, 0.3) is 0 Å². The minimum Gasteiger partial charge on any atom is -0.461 e. The summed E-state index contributed by atoms with van der Waals surface area (Å²) in [6.45, 7) is 0.985. The standard InChI is InChI=1S/C23H28O11/c1-20-9-22(29)13-7-23(20,32-18-16(27)15(26)14(25)12(8-24)31-18)21(13,19(33-20)34-22)10-30-17(28)11-5-3-2-4-6-11/h2-6,12-16,18-19,24-27,29H,7-10H2,1H3/t12?,13-,14?,15?,16?,18?,19?,20-,21?,22-,23-/m0/s1. The molecule has 0 spiro atoms. The lowest BCUT2D eigenvalue weighted by Crippen LogP contribution is -2.80. The predicted molar refractivity (Wildman–Crippen MR) is 109 cm³/mol. The molecule has 11 nitrogen and oxygen atoms in total. The molecule has 0 amide bonds. The van der Waals surface area contributed by atoms with Gasteiger partial charge in [0.1, 0.15) is 42.2 Å². The highest BCUT2D eigenvalue weighted by atomic mass is 16.8. The van der Waals surface area contributed by atoms with Gasteiger partial charge in [-0.25, -0.2) is 4.79 Å². The monoisotopic (exact) mass is 480 g/mol. The Morgan fingerprint density at radius 1 is 1.12 bits per heavy atom. The van der Waals surface area contributed by atoms with Crippen molar-refractivity contribution in [3.05, 3.63) is 35.9 Å². The average Bonchev–Trinajstić information content (AvgIpc) is 3.00. The number of carbonyl (C=O) groups is 1. The number of esters is 1. The van der Waals surface area contributed by atoms with Gasteiger partial charge >= 0.3 is 5.97 Å². The van der Waals surface area contributed by atoms with E-state index in [1.807, 2.05) is 0 Å². The summed E-state index contributed by atoms with van der Waals surface area (Å²) in [4.78, 5) is 12.7. The zero-order valence-electron chi connectivity index (χ0n) is 18.4. The van der Waals surface area contributed by atoms with Crippen LogP contribution in [-0.4, -0.2) is 98.7 Å². The number of benzene rings is 1. The van der Waals surface area contributed by atoms with Crippen molar-refractivity contribution in [3.8, 4) is 0 Å². The summed E-state index contributed by atoms with van der Waals surface area (Å²) < 4.78 is 29.7. The Morgan fingerprint density at radius 3 is 2.56 bits per heavy atom. The highest BCUT2D eigenvalue weighted by molar-refractivity contribution is 5.89. The van der Waals surface area contributed by atoms with Gasteiger partial charge in [-0.15, -0.1) is 0 Å². The molecular weight excluding hydrogens is 452 g/mol. The molecule has 7 fully saturated rings. The fraction of sp³-hybridized carbons (Fsp3) is 0.696. The smallest absolute Gasteiger partial charge is 0.338 e. The second-order valence-corrected chi connectivity index (χ2v) is 10.2. The second-order valence-electron chi connectivity index (χ2n) is 10.2. The third-order valence-corrected chi connectivity index (χ3v) is 8.57. The molecule has 11 atom stereocenters. The van der Waals surface area contributed by atoms with Gasteiger partial charge in [0.05, 0.1) is 17.6 Å². The molecule has 5 N–H and O–H groups in total. The van der Waals surface area contributed by atoms with Crippen molar-refractivity contribution in [1.82, 2.24) is 0 Å². The maximum absolute atomic E-state index is 12.7. The first-order valence-electron chi connectivity index (χ1n) is 11.4. The summed E-state index contributed by atoms with van der Waals surface area (Å²) in [7, 11) is 0. The number of ether oxygens (including phenoxy) is 5. The predicted octanol–water partition coefficient (Wildman–Crippen LogP) is -1.36. The quantitative estimate of drug-likeness (QED) is 0.306. The number of aliphatic hydroxyl groups excluding tert-OH is 4. The summed E-state index contributed by atoms with van der Waals surface area (Å²) >= 11 is 0. The molecule has 8 rings (SSSR count). The highest BCUT2D eigenvalue weighted by Gasteiger charge is 2.94.